The highest BCUT2D eigenvalue weighted by Gasteiger charge is 2.24. The second kappa shape index (κ2) is 10.7. The van der Waals surface area contributed by atoms with Crippen LogP contribution in [0.25, 0.3) is 0 Å². The van der Waals surface area contributed by atoms with Gasteiger partial charge in [0, 0.05) is 26.7 Å². The number of hydrogen-bond donors (Lipinski definition) is 3. The van der Waals surface area contributed by atoms with E-state index in [0.717, 1.165) is 31.4 Å². The summed E-state index contributed by atoms with van der Waals surface area (Å²) in [6.07, 6.45) is 3.36. The SMILES string of the molecule is CN=C(NCCCN1CCCC(C)C1)NCC(C)(C)NC(=O)OC(C)(C)C. The molecule has 0 bridgehead atoms. The van der Waals surface area contributed by atoms with Crippen LogP contribution in [0.4, 0.5) is 4.79 Å². The third kappa shape index (κ3) is 11.1. The molecule has 0 radical (unpaired) electrons. The van der Waals surface area contributed by atoms with E-state index in [1.807, 2.05) is 34.6 Å². The Hall–Kier alpha value is -1.50. The van der Waals surface area contributed by atoms with Crippen LogP contribution in [0.2, 0.25) is 0 Å². The molecule has 0 aliphatic carbocycles. The number of ether oxygens (including phenoxy) is 1. The molecule has 1 amide bonds. The van der Waals surface area contributed by atoms with Crippen molar-refractivity contribution in [3.05, 3.63) is 0 Å². The molecule has 0 aromatic heterocycles. The van der Waals surface area contributed by atoms with E-state index in [4.69, 9.17) is 4.74 Å². The molecule has 1 rings (SSSR count). The van der Waals surface area contributed by atoms with Gasteiger partial charge in [-0.25, -0.2) is 4.79 Å². The molecule has 1 aliphatic heterocycles. The van der Waals surface area contributed by atoms with Crippen LogP contribution in [-0.4, -0.2) is 67.9 Å². The lowest BCUT2D eigenvalue weighted by Crippen LogP contribution is -2.54. The van der Waals surface area contributed by atoms with Gasteiger partial charge in [-0.1, -0.05) is 6.92 Å². The fourth-order valence-electron chi connectivity index (χ4n) is 3.15. The number of rotatable bonds is 7. The lowest BCUT2D eigenvalue weighted by molar-refractivity contribution is 0.0474. The molecule has 0 saturated carbocycles. The lowest BCUT2D eigenvalue weighted by Gasteiger charge is -2.31. The second-order valence-corrected chi connectivity index (χ2v) is 9.26. The van der Waals surface area contributed by atoms with Crippen LogP contribution in [0.1, 0.15) is 60.8 Å². The summed E-state index contributed by atoms with van der Waals surface area (Å²) in [5.74, 6) is 1.57. The molecule has 7 nitrogen and oxygen atoms in total. The number of alkyl carbamates (subject to hydrolysis) is 1. The van der Waals surface area contributed by atoms with E-state index < -0.39 is 17.2 Å². The van der Waals surface area contributed by atoms with Crippen molar-refractivity contribution in [3.63, 3.8) is 0 Å². The van der Waals surface area contributed by atoms with Gasteiger partial charge in [-0.05, 0) is 72.9 Å². The predicted octanol–water partition coefficient (Wildman–Crippen LogP) is 2.58. The number of carbonyl (C=O) groups excluding carboxylic acids is 1. The number of hydrogen-bond acceptors (Lipinski definition) is 4. The van der Waals surface area contributed by atoms with Gasteiger partial charge in [0.1, 0.15) is 5.60 Å². The zero-order valence-corrected chi connectivity index (χ0v) is 18.4. The van der Waals surface area contributed by atoms with Crippen molar-refractivity contribution in [2.75, 3.05) is 39.8 Å². The molecular formula is C20H41N5O2. The van der Waals surface area contributed by atoms with Gasteiger partial charge in [0.2, 0.25) is 0 Å². The minimum Gasteiger partial charge on any atom is -0.444 e. The average Bonchev–Trinajstić information content (AvgIpc) is 2.51. The van der Waals surface area contributed by atoms with E-state index in [1.54, 1.807) is 7.05 Å². The fraction of sp³-hybridized carbons (Fsp3) is 0.900. The van der Waals surface area contributed by atoms with E-state index in [9.17, 15) is 4.79 Å². The summed E-state index contributed by atoms with van der Waals surface area (Å²) in [5, 5.41) is 9.52. The highest BCUT2D eigenvalue weighted by atomic mass is 16.6. The summed E-state index contributed by atoms with van der Waals surface area (Å²) in [4.78, 5) is 18.8. The first-order chi connectivity index (χ1) is 12.5. The molecule has 1 saturated heterocycles. The molecule has 7 heteroatoms. The van der Waals surface area contributed by atoms with E-state index in [1.165, 1.54) is 25.9 Å². The zero-order chi connectivity index (χ0) is 20.5. The molecule has 27 heavy (non-hydrogen) atoms. The maximum absolute atomic E-state index is 12.0. The number of nitrogens with zero attached hydrogens (tertiary/aromatic N) is 2. The second-order valence-electron chi connectivity index (χ2n) is 9.26. The molecule has 1 fully saturated rings. The van der Waals surface area contributed by atoms with Crippen LogP contribution in [0.5, 0.6) is 0 Å². The van der Waals surface area contributed by atoms with Crippen LogP contribution < -0.4 is 16.0 Å². The summed E-state index contributed by atoms with van der Waals surface area (Å²) in [6.45, 7) is 16.8. The normalized spacial score (nSPS) is 19.5. The Bertz CT molecular complexity index is 485. The van der Waals surface area contributed by atoms with E-state index in [2.05, 4.69) is 32.8 Å². The third-order valence-electron chi connectivity index (χ3n) is 4.45. The quantitative estimate of drug-likeness (QED) is 0.358. The van der Waals surface area contributed by atoms with Crippen molar-refractivity contribution in [1.29, 1.82) is 0 Å². The highest BCUT2D eigenvalue weighted by Crippen LogP contribution is 2.15. The van der Waals surface area contributed by atoms with Gasteiger partial charge < -0.3 is 25.6 Å². The van der Waals surface area contributed by atoms with Crippen molar-refractivity contribution in [3.8, 4) is 0 Å². The number of amides is 1. The maximum atomic E-state index is 12.0. The largest absolute Gasteiger partial charge is 0.444 e. The zero-order valence-electron chi connectivity index (χ0n) is 18.4. The molecular weight excluding hydrogens is 342 g/mol. The van der Waals surface area contributed by atoms with Crippen molar-refractivity contribution in [2.24, 2.45) is 10.9 Å². The summed E-state index contributed by atoms with van der Waals surface area (Å²) < 4.78 is 5.32. The van der Waals surface area contributed by atoms with Gasteiger partial charge in [0.15, 0.2) is 5.96 Å². The molecule has 0 aromatic rings. The van der Waals surface area contributed by atoms with Crippen molar-refractivity contribution in [2.45, 2.75) is 71.9 Å². The molecule has 0 spiro atoms. The summed E-state index contributed by atoms with van der Waals surface area (Å²) in [5.41, 5.74) is -0.957. The summed E-state index contributed by atoms with van der Waals surface area (Å²) >= 11 is 0. The molecule has 1 aliphatic rings. The van der Waals surface area contributed by atoms with Gasteiger partial charge in [0.25, 0.3) is 0 Å². The Kier molecular flexibility index (Phi) is 9.36. The smallest absolute Gasteiger partial charge is 0.408 e. The van der Waals surface area contributed by atoms with Crippen LogP contribution in [0, 0.1) is 5.92 Å². The molecule has 1 heterocycles. The van der Waals surface area contributed by atoms with Gasteiger partial charge in [0.05, 0.1) is 5.54 Å². The number of aliphatic imine (C=N–C) groups is 1. The minimum absolute atomic E-state index is 0.409. The standard InChI is InChI=1S/C20H41N5O2/c1-16-10-8-12-25(14-16)13-9-11-22-17(21-7)23-15-20(5,6)24-18(26)27-19(2,3)4/h16H,8-15H2,1-7H3,(H,24,26)(H2,21,22,23). The predicted molar refractivity (Wildman–Crippen MR) is 112 cm³/mol. The first-order valence-corrected chi connectivity index (χ1v) is 10.2. The fourth-order valence-corrected chi connectivity index (χ4v) is 3.15. The molecule has 3 N–H and O–H groups in total. The number of piperidine rings is 1. The van der Waals surface area contributed by atoms with Gasteiger partial charge >= 0.3 is 6.09 Å². The van der Waals surface area contributed by atoms with Crippen molar-refractivity contribution >= 4 is 12.1 Å². The summed E-state index contributed by atoms with van der Waals surface area (Å²) in [6, 6.07) is 0. The number of guanidine groups is 1. The van der Waals surface area contributed by atoms with Gasteiger partial charge in [-0.3, -0.25) is 4.99 Å². The highest BCUT2D eigenvalue weighted by molar-refractivity contribution is 5.79. The van der Waals surface area contributed by atoms with Crippen LogP contribution in [0.3, 0.4) is 0 Å². The minimum atomic E-state index is -0.503. The Balaban J connectivity index is 2.27. The first kappa shape index (κ1) is 23.5. The topological polar surface area (TPSA) is 78.0 Å². The van der Waals surface area contributed by atoms with Gasteiger partial charge in [-0.15, -0.1) is 0 Å². The molecule has 158 valence electrons. The maximum Gasteiger partial charge on any atom is 0.408 e. The number of nitrogens with one attached hydrogen (secondary N) is 3. The first-order valence-electron chi connectivity index (χ1n) is 10.2. The third-order valence-corrected chi connectivity index (χ3v) is 4.45. The monoisotopic (exact) mass is 383 g/mol. The average molecular weight is 384 g/mol. The van der Waals surface area contributed by atoms with Crippen molar-refractivity contribution < 1.29 is 9.53 Å². The van der Waals surface area contributed by atoms with E-state index in [0.29, 0.717) is 6.54 Å². The van der Waals surface area contributed by atoms with Crippen LogP contribution >= 0.6 is 0 Å². The van der Waals surface area contributed by atoms with Crippen molar-refractivity contribution in [1.82, 2.24) is 20.9 Å². The van der Waals surface area contributed by atoms with Crippen LogP contribution in [-0.2, 0) is 4.74 Å². The Morgan fingerprint density at radius 3 is 2.52 bits per heavy atom. The van der Waals surface area contributed by atoms with Gasteiger partial charge in [-0.2, -0.15) is 0 Å². The Morgan fingerprint density at radius 2 is 1.93 bits per heavy atom. The lowest BCUT2D eigenvalue weighted by atomic mass is 10.0. The van der Waals surface area contributed by atoms with Crippen LogP contribution in [0.15, 0.2) is 4.99 Å². The molecule has 0 aromatic carbocycles. The number of likely N-dealkylation sites (tertiary alicyclic amines) is 1. The number of carbonyl (C=O) groups is 1. The van der Waals surface area contributed by atoms with E-state index in [-0.39, 0.29) is 0 Å². The Morgan fingerprint density at radius 1 is 1.22 bits per heavy atom. The Labute approximate surface area is 165 Å². The molecule has 1 unspecified atom stereocenters. The summed E-state index contributed by atoms with van der Waals surface area (Å²) in [7, 11) is 1.76. The van der Waals surface area contributed by atoms with E-state index >= 15 is 0 Å². The molecule has 1 atom stereocenters.